The average molecular weight is 313 g/mol. The molecule has 3 rings (SSSR count). The lowest BCUT2D eigenvalue weighted by Crippen LogP contribution is -2.37. The van der Waals surface area contributed by atoms with Gasteiger partial charge >= 0.3 is 5.69 Å². The maximum Gasteiger partial charge on any atom is 0.330 e. The molecule has 21 heavy (non-hydrogen) atoms. The van der Waals surface area contributed by atoms with E-state index in [2.05, 4.69) is 14.9 Å². The van der Waals surface area contributed by atoms with E-state index in [9.17, 15) is 14.0 Å². The Kier molecular flexibility index (Phi) is 3.54. The van der Waals surface area contributed by atoms with Crippen molar-refractivity contribution in [3.8, 4) is 0 Å². The second kappa shape index (κ2) is 5.23. The summed E-state index contributed by atoms with van der Waals surface area (Å²) in [5.41, 5.74) is -1.09. The molecular formula is C13H14ClFN4O2. The van der Waals surface area contributed by atoms with Crippen LogP contribution in [0.4, 0.5) is 4.39 Å². The van der Waals surface area contributed by atoms with Crippen LogP contribution in [0.15, 0.2) is 15.7 Å². The fraction of sp³-hybridized carbons (Fsp3) is 0.462. The number of fused-ring (bicyclic) bond motifs is 1. The zero-order valence-corrected chi connectivity index (χ0v) is 12.2. The number of nitrogens with zero attached hydrogens (tertiary/aromatic N) is 3. The summed E-state index contributed by atoms with van der Waals surface area (Å²) in [4.78, 5) is 32.1. The van der Waals surface area contributed by atoms with Gasteiger partial charge < -0.3 is 4.90 Å². The monoisotopic (exact) mass is 312 g/mol. The maximum absolute atomic E-state index is 13.5. The molecule has 2 aromatic rings. The molecule has 112 valence electrons. The van der Waals surface area contributed by atoms with Crippen molar-refractivity contribution in [2.45, 2.75) is 25.4 Å². The van der Waals surface area contributed by atoms with Gasteiger partial charge in [0.1, 0.15) is 0 Å². The van der Waals surface area contributed by atoms with Gasteiger partial charge in [0.05, 0.1) is 5.39 Å². The summed E-state index contributed by atoms with van der Waals surface area (Å²) in [5, 5.41) is -0.321. The molecule has 1 fully saturated rings. The normalized spacial score (nSPS) is 19.5. The lowest BCUT2D eigenvalue weighted by Gasteiger charge is -2.20. The first-order chi connectivity index (χ1) is 9.97. The van der Waals surface area contributed by atoms with Crippen LogP contribution < -0.4 is 11.2 Å². The van der Waals surface area contributed by atoms with Gasteiger partial charge in [-0.2, -0.15) is 0 Å². The molecule has 1 N–H and O–H groups in total. The van der Waals surface area contributed by atoms with E-state index < -0.39 is 17.1 Å². The maximum atomic E-state index is 13.5. The van der Waals surface area contributed by atoms with Crippen LogP contribution in [0.25, 0.3) is 11.0 Å². The molecule has 0 spiro atoms. The first-order valence-electron chi connectivity index (χ1n) is 6.66. The Bertz CT molecular complexity index is 816. The van der Waals surface area contributed by atoms with E-state index in [1.165, 1.54) is 4.57 Å². The Hall–Kier alpha value is -1.73. The van der Waals surface area contributed by atoms with Gasteiger partial charge in [0, 0.05) is 12.6 Å². The van der Waals surface area contributed by atoms with E-state index in [1.54, 1.807) is 0 Å². The molecule has 1 atom stereocenters. The van der Waals surface area contributed by atoms with E-state index in [0.717, 1.165) is 25.5 Å². The largest absolute Gasteiger partial charge is 0.330 e. The summed E-state index contributed by atoms with van der Waals surface area (Å²) in [6.45, 7) is 1.35. The van der Waals surface area contributed by atoms with Crippen molar-refractivity contribution >= 4 is 22.6 Å². The lowest BCUT2D eigenvalue weighted by atomic mass is 10.2. The Balaban J connectivity index is 2.19. The van der Waals surface area contributed by atoms with Gasteiger partial charge in [-0.05, 0) is 32.5 Å². The number of H-pyrrole nitrogens is 1. The van der Waals surface area contributed by atoms with Crippen molar-refractivity contribution in [1.82, 2.24) is 19.4 Å². The van der Waals surface area contributed by atoms with Crippen molar-refractivity contribution in [1.29, 1.82) is 0 Å². The fourth-order valence-electron chi connectivity index (χ4n) is 2.75. The van der Waals surface area contributed by atoms with Crippen LogP contribution in [0.1, 0.15) is 12.8 Å². The number of likely N-dealkylation sites (N-methyl/N-ethyl adjacent to an activating group) is 1. The summed E-state index contributed by atoms with van der Waals surface area (Å²) in [6, 6.07) is 1.19. The third kappa shape index (κ3) is 2.47. The van der Waals surface area contributed by atoms with Crippen molar-refractivity contribution in [3.05, 3.63) is 37.9 Å². The minimum Gasteiger partial charge on any atom is -0.302 e. The molecule has 0 aromatic carbocycles. The molecule has 6 nitrogen and oxygen atoms in total. The number of hydrogen-bond acceptors (Lipinski definition) is 4. The molecule has 1 aliphatic heterocycles. The quantitative estimate of drug-likeness (QED) is 0.839. The van der Waals surface area contributed by atoms with Gasteiger partial charge in [0.15, 0.2) is 16.6 Å². The van der Waals surface area contributed by atoms with E-state index in [1.807, 2.05) is 7.05 Å². The van der Waals surface area contributed by atoms with Crippen LogP contribution in [0.3, 0.4) is 0 Å². The third-order valence-electron chi connectivity index (χ3n) is 3.94. The molecule has 0 amide bonds. The van der Waals surface area contributed by atoms with E-state index >= 15 is 0 Å². The van der Waals surface area contributed by atoms with Crippen molar-refractivity contribution in [2.24, 2.45) is 0 Å². The summed E-state index contributed by atoms with van der Waals surface area (Å²) >= 11 is 5.69. The summed E-state index contributed by atoms with van der Waals surface area (Å²) in [6.07, 6.45) is 2.01. The molecule has 0 aliphatic carbocycles. The zero-order chi connectivity index (χ0) is 15.1. The SMILES string of the molecule is CN1CCC[C@H]1Cn1c(=O)[nH]c(=O)c2cc(F)c(Cl)nc21. The van der Waals surface area contributed by atoms with Crippen molar-refractivity contribution in [2.75, 3.05) is 13.6 Å². The van der Waals surface area contributed by atoms with Gasteiger partial charge in [-0.3, -0.25) is 14.3 Å². The highest BCUT2D eigenvalue weighted by atomic mass is 35.5. The number of hydrogen-bond donors (Lipinski definition) is 1. The standard InChI is InChI=1S/C13H14ClFN4O2/c1-18-4-2-3-7(18)6-19-11-8(12(20)17-13(19)21)5-9(15)10(14)16-11/h5,7H,2-4,6H2,1H3,(H,17,20,21)/t7-/m0/s1. The topological polar surface area (TPSA) is 71.0 Å². The van der Waals surface area contributed by atoms with Crippen LogP contribution in [-0.2, 0) is 6.54 Å². The molecule has 0 unspecified atom stereocenters. The molecular weight excluding hydrogens is 299 g/mol. The smallest absolute Gasteiger partial charge is 0.302 e. The van der Waals surface area contributed by atoms with Gasteiger partial charge in [-0.1, -0.05) is 11.6 Å². The van der Waals surface area contributed by atoms with E-state index in [4.69, 9.17) is 11.6 Å². The molecule has 3 heterocycles. The second-order valence-electron chi connectivity index (χ2n) is 5.28. The van der Waals surface area contributed by atoms with E-state index in [0.29, 0.717) is 6.54 Å². The number of rotatable bonds is 2. The molecule has 1 saturated heterocycles. The van der Waals surface area contributed by atoms with Crippen LogP contribution >= 0.6 is 11.6 Å². The van der Waals surface area contributed by atoms with Gasteiger partial charge in [-0.15, -0.1) is 0 Å². The summed E-state index contributed by atoms with van der Waals surface area (Å²) in [7, 11) is 1.98. The van der Waals surface area contributed by atoms with Crippen molar-refractivity contribution < 1.29 is 4.39 Å². The number of halogens is 2. The highest BCUT2D eigenvalue weighted by Crippen LogP contribution is 2.19. The number of aromatic amines is 1. The average Bonchev–Trinajstić information content (AvgIpc) is 2.82. The molecule has 2 aromatic heterocycles. The van der Waals surface area contributed by atoms with Crippen LogP contribution in [0.2, 0.25) is 5.15 Å². The minimum absolute atomic E-state index is 0.0251. The fourth-order valence-corrected chi connectivity index (χ4v) is 2.88. The zero-order valence-electron chi connectivity index (χ0n) is 11.4. The minimum atomic E-state index is -0.780. The highest BCUT2D eigenvalue weighted by Gasteiger charge is 2.23. The predicted octanol–water partition coefficient (Wildman–Crippen LogP) is 0.972. The van der Waals surface area contributed by atoms with Crippen LogP contribution in [0.5, 0.6) is 0 Å². The Labute approximate surface area is 124 Å². The van der Waals surface area contributed by atoms with Gasteiger partial charge in [0.25, 0.3) is 5.56 Å². The summed E-state index contributed by atoms with van der Waals surface area (Å²) < 4.78 is 14.8. The molecule has 1 aliphatic rings. The number of pyridine rings is 1. The Morgan fingerprint density at radius 2 is 2.29 bits per heavy atom. The van der Waals surface area contributed by atoms with E-state index in [-0.39, 0.29) is 22.2 Å². The first kappa shape index (κ1) is 14.2. The Morgan fingerprint density at radius 1 is 1.52 bits per heavy atom. The Morgan fingerprint density at radius 3 is 2.95 bits per heavy atom. The van der Waals surface area contributed by atoms with Crippen molar-refractivity contribution in [3.63, 3.8) is 0 Å². The first-order valence-corrected chi connectivity index (χ1v) is 7.04. The number of nitrogens with one attached hydrogen (secondary N) is 1. The second-order valence-corrected chi connectivity index (χ2v) is 5.64. The van der Waals surface area contributed by atoms with Crippen LogP contribution in [0, 0.1) is 5.82 Å². The van der Waals surface area contributed by atoms with Gasteiger partial charge in [-0.25, -0.2) is 14.2 Å². The molecule has 0 saturated carbocycles. The summed E-state index contributed by atoms with van der Waals surface area (Å²) in [5.74, 6) is -0.780. The lowest BCUT2D eigenvalue weighted by molar-refractivity contribution is 0.281. The molecule has 8 heteroatoms. The predicted molar refractivity (Wildman–Crippen MR) is 77.2 cm³/mol. The van der Waals surface area contributed by atoms with Crippen LogP contribution in [-0.4, -0.2) is 39.1 Å². The number of aromatic nitrogens is 3. The molecule has 0 bridgehead atoms. The van der Waals surface area contributed by atoms with Gasteiger partial charge in [0.2, 0.25) is 0 Å². The highest BCUT2D eigenvalue weighted by molar-refractivity contribution is 6.29. The number of likely N-dealkylation sites (tertiary alicyclic amines) is 1. The third-order valence-corrected chi connectivity index (χ3v) is 4.21. The molecule has 0 radical (unpaired) electrons.